The van der Waals surface area contributed by atoms with Gasteiger partial charge in [-0.15, -0.1) is 0 Å². The van der Waals surface area contributed by atoms with Gasteiger partial charge in [0.15, 0.2) is 0 Å². The van der Waals surface area contributed by atoms with Gasteiger partial charge in [0.25, 0.3) is 0 Å². The number of nitrogens with two attached hydrogens (primary N) is 1. The van der Waals surface area contributed by atoms with Gasteiger partial charge in [0.2, 0.25) is 0 Å². The minimum atomic E-state index is 0.190. The molecule has 3 heteroatoms. The van der Waals surface area contributed by atoms with Gasteiger partial charge in [-0.05, 0) is 32.9 Å². The lowest BCUT2D eigenvalue weighted by Crippen LogP contribution is -2.29. The van der Waals surface area contributed by atoms with E-state index in [1.807, 2.05) is 6.92 Å². The summed E-state index contributed by atoms with van der Waals surface area (Å²) in [6.45, 7) is 7.45. The fourth-order valence-electron chi connectivity index (χ4n) is 1.95. The average Bonchev–Trinajstić information content (AvgIpc) is 2.37. The van der Waals surface area contributed by atoms with Crippen molar-refractivity contribution in [1.29, 1.82) is 0 Å². The summed E-state index contributed by atoms with van der Waals surface area (Å²) in [5.41, 5.74) is 8.33. The predicted molar refractivity (Wildman–Crippen MR) is 76.6 cm³/mol. The van der Waals surface area contributed by atoms with E-state index >= 15 is 0 Å². The molecule has 18 heavy (non-hydrogen) atoms. The Morgan fingerprint density at radius 2 is 1.94 bits per heavy atom. The van der Waals surface area contributed by atoms with E-state index in [0.29, 0.717) is 6.54 Å². The van der Waals surface area contributed by atoms with Crippen LogP contribution in [0.1, 0.15) is 24.5 Å². The van der Waals surface area contributed by atoms with Crippen LogP contribution < -0.4 is 5.73 Å². The molecule has 0 bridgehead atoms. The predicted octanol–water partition coefficient (Wildman–Crippen LogP) is 2.18. The molecular formula is C15H26N2O. The van der Waals surface area contributed by atoms with E-state index in [4.69, 9.17) is 10.5 Å². The first-order valence-corrected chi connectivity index (χ1v) is 6.71. The SMILES string of the molecule is CCOC(CN)CCN(C)Cc1ccc(C)cc1. The highest BCUT2D eigenvalue weighted by molar-refractivity contribution is 5.21. The lowest BCUT2D eigenvalue weighted by molar-refractivity contribution is 0.0559. The number of rotatable bonds is 8. The summed E-state index contributed by atoms with van der Waals surface area (Å²) in [5.74, 6) is 0. The molecule has 0 radical (unpaired) electrons. The van der Waals surface area contributed by atoms with E-state index in [1.54, 1.807) is 0 Å². The summed E-state index contributed by atoms with van der Waals surface area (Å²) >= 11 is 0. The number of aryl methyl sites for hydroxylation is 1. The van der Waals surface area contributed by atoms with Gasteiger partial charge in [0, 0.05) is 26.2 Å². The fraction of sp³-hybridized carbons (Fsp3) is 0.600. The molecule has 2 N–H and O–H groups in total. The minimum Gasteiger partial charge on any atom is -0.377 e. The maximum Gasteiger partial charge on any atom is 0.0709 e. The first kappa shape index (κ1) is 15.2. The number of nitrogens with zero attached hydrogens (tertiary/aromatic N) is 1. The Hall–Kier alpha value is -0.900. The normalized spacial score (nSPS) is 12.9. The van der Waals surface area contributed by atoms with Gasteiger partial charge in [-0.2, -0.15) is 0 Å². The van der Waals surface area contributed by atoms with Crippen molar-refractivity contribution in [3.8, 4) is 0 Å². The molecule has 0 aliphatic rings. The molecule has 0 aliphatic heterocycles. The third-order valence-electron chi connectivity index (χ3n) is 3.07. The number of hydrogen-bond donors (Lipinski definition) is 1. The summed E-state index contributed by atoms with van der Waals surface area (Å²) < 4.78 is 5.56. The largest absolute Gasteiger partial charge is 0.377 e. The van der Waals surface area contributed by atoms with Gasteiger partial charge in [-0.3, -0.25) is 0 Å². The molecule has 3 nitrogen and oxygen atoms in total. The molecule has 0 fully saturated rings. The van der Waals surface area contributed by atoms with Crippen molar-refractivity contribution in [2.75, 3.05) is 26.7 Å². The van der Waals surface area contributed by atoms with Gasteiger partial charge in [-0.1, -0.05) is 29.8 Å². The van der Waals surface area contributed by atoms with E-state index in [1.165, 1.54) is 11.1 Å². The van der Waals surface area contributed by atoms with Crippen LogP contribution in [0.5, 0.6) is 0 Å². The van der Waals surface area contributed by atoms with Gasteiger partial charge in [0.05, 0.1) is 6.10 Å². The second kappa shape index (κ2) is 8.25. The van der Waals surface area contributed by atoms with Crippen molar-refractivity contribution in [3.63, 3.8) is 0 Å². The Kier molecular flexibility index (Phi) is 6.94. The zero-order chi connectivity index (χ0) is 13.4. The molecule has 0 spiro atoms. The molecule has 1 aromatic carbocycles. The first-order valence-electron chi connectivity index (χ1n) is 6.71. The van der Waals surface area contributed by atoms with Crippen LogP contribution in [-0.2, 0) is 11.3 Å². The highest BCUT2D eigenvalue weighted by Gasteiger charge is 2.08. The van der Waals surface area contributed by atoms with Crippen molar-refractivity contribution in [2.45, 2.75) is 32.9 Å². The molecule has 0 heterocycles. The standard InChI is InChI=1S/C15H26N2O/c1-4-18-15(11-16)9-10-17(3)12-14-7-5-13(2)6-8-14/h5-8,15H,4,9-12,16H2,1-3H3. The van der Waals surface area contributed by atoms with E-state index in [2.05, 4.69) is 43.1 Å². The molecule has 0 amide bonds. The van der Waals surface area contributed by atoms with Crippen LogP contribution in [-0.4, -0.2) is 37.7 Å². The lowest BCUT2D eigenvalue weighted by Gasteiger charge is -2.20. The summed E-state index contributed by atoms with van der Waals surface area (Å²) in [6, 6.07) is 8.70. The van der Waals surface area contributed by atoms with E-state index < -0.39 is 0 Å². The molecule has 1 atom stereocenters. The smallest absolute Gasteiger partial charge is 0.0709 e. The van der Waals surface area contributed by atoms with Crippen molar-refractivity contribution in [3.05, 3.63) is 35.4 Å². The second-order valence-electron chi connectivity index (χ2n) is 4.83. The molecule has 1 aromatic rings. The molecule has 1 unspecified atom stereocenters. The van der Waals surface area contributed by atoms with Crippen LogP contribution in [0.3, 0.4) is 0 Å². The number of ether oxygens (including phenoxy) is 1. The Morgan fingerprint density at radius 1 is 1.28 bits per heavy atom. The van der Waals surface area contributed by atoms with Crippen LogP contribution in [0.4, 0.5) is 0 Å². The zero-order valence-electron chi connectivity index (χ0n) is 11.9. The fourth-order valence-corrected chi connectivity index (χ4v) is 1.95. The van der Waals surface area contributed by atoms with Gasteiger partial charge in [-0.25, -0.2) is 0 Å². The molecule has 102 valence electrons. The summed E-state index contributed by atoms with van der Waals surface area (Å²) in [6.07, 6.45) is 1.18. The van der Waals surface area contributed by atoms with Crippen LogP contribution >= 0.6 is 0 Å². The number of hydrogen-bond acceptors (Lipinski definition) is 3. The van der Waals surface area contributed by atoms with E-state index in [-0.39, 0.29) is 6.10 Å². The topological polar surface area (TPSA) is 38.5 Å². The monoisotopic (exact) mass is 250 g/mol. The number of benzene rings is 1. The van der Waals surface area contributed by atoms with Gasteiger partial charge >= 0.3 is 0 Å². The summed E-state index contributed by atoms with van der Waals surface area (Å²) in [7, 11) is 2.14. The van der Waals surface area contributed by atoms with E-state index in [9.17, 15) is 0 Å². The van der Waals surface area contributed by atoms with Gasteiger partial charge in [0.1, 0.15) is 0 Å². The average molecular weight is 250 g/mol. The maximum absolute atomic E-state index is 5.67. The molecule has 0 aliphatic carbocycles. The summed E-state index contributed by atoms with van der Waals surface area (Å²) in [4.78, 5) is 2.31. The molecule has 0 saturated carbocycles. The zero-order valence-corrected chi connectivity index (χ0v) is 11.9. The maximum atomic E-state index is 5.67. The van der Waals surface area contributed by atoms with Crippen molar-refractivity contribution in [1.82, 2.24) is 4.90 Å². The van der Waals surface area contributed by atoms with Crippen molar-refractivity contribution >= 4 is 0 Å². The van der Waals surface area contributed by atoms with Crippen LogP contribution in [0.2, 0.25) is 0 Å². The van der Waals surface area contributed by atoms with Crippen LogP contribution in [0, 0.1) is 6.92 Å². The third-order valence-corrected chi connectivity index (χ3v) is 3.07. The molecule has 0 saturated heterocycles. The molecule has 1 rings (SSSR count). The molecular weight excluding hydrogens is 224 g/mol. The Bertz CT molecular complexity index is 324. The van der Waals surface area contributed by atoms with Crippen LogP contribution in [0.25, 0.3) is 0 Å². The van der Waals surface area contributed by atoms with E-state index in [0.717, 1.165) is 26.1 Å². The third kappa shape index (κ3) is 5.63. The second-order valence-corrected chi connectivity index (χ2v) is 4.83. The Balaban J connectivity index is 2.32. The molecule has 0 aromatic heterocycles. The van der Waals surface area contributed by atoms with Crippen molar-refractivity contribution in [2.24, 2.45) is 5.73 Å². The highest BCUT2D eigenvalue weighted by atomic mass is 16.5. The van der Waals surface area contributed by atoms with Gasteiger partial charge < -0.3 is 15.4 Å². The Labute approximate surface area is 111 Å². The lowest BCUT2D eigenvalue weighted by atomic mass is 10.1. The first-order chi connectivity index (χ1) is 8.65. The Morgan fingerprint density at radius 3 is 2.50 bits per heavy atom. The van der Waals surface area contributed by atoms with Crippen molar-refractivity contribution < 1.29 is 4.74 Å². The highest BCUT2D eigenvalue weighted by Crippen LogP contribution is 2.07. The quantitative estimate of drug-likeness (QED) is 0.768. The van der Waals surface area contributed by atoms with Crippen LogP contribution in [0.15, 0.2) is 24.3 Å². The summed E-state index contributed by atoms with van der Waals surface area (Å²) in [5, 5.41) is 0. The minimum absolute atomic E-state index is 0.190.